The fourth-order valence-electron chi connectivity index (χ4n) is 1.83. The highest BCUT2D eigenvalue weighted by molar-refractivity contribution is 9.10. The van der Waals surface area contributed by atoms with Crippen molar-refractivity contribution in [1.82, 2.24) is 20.2 Å². The summed E-state index contributed by atoms with van der Waals surface area (Å²) in [6.07, 6.45) is 0. The van der Waals surface area contributed by atoms with Crippen molar-refractivity contribution in [3.63, 3.8) is 0 Å². The fourth-order valence-corrected chi connectivity index (χ4v) is 2.40. The van der Waals surface area contributed by atoms with Crippen molar-refractivity contribution in [2.45, 2.75) is 0 Å². The van der Waals surface area contributed by atoms with Crippen LogP contribution in [0.5, 0.6) is 0 Å². The number of hydrogen-bond donors (Lipinski definition) is 1. The lowest BCUT2D eigenvalue weighted by Crippen LogP contribution is -2.00. The number of nitrogen functional groups attached to an aromatic ring is 1. The minimum atomic E-state index is 0.603. The third-order valence-corrected chi connectivity index (χ3v) is 3.95. The van der Waals surface area contributed by atoms with Gasteiger partial charge in [-0.05, 0) is 62.8 Å². The van der Waals surface area contributed by atoms with E-state index in [2.05, 4.69) is 31.5 Å². The highest BCUT2D eigenvalue weighted by Gasteiger charge is 2.14. The van der Waals surface area contributed by atoms with Crippen LogP contribution in [0.2, 0.25) is 5.02 Å². The Balaban J connectivity index is 2.15. The van der Waals surface area contributed by atoms with Gasteiger partial charge >= 0.3 is 0 Å². The van der Waals surface area contributed by atoms with Gasteiger partial charge in [-0.25, -0.2) is 0 Å². The quantitative estimate of drug-likeness (QED) is 0.720. The van der Waals surface area contributed by atoms with Crippen molar-refractivity contribution < 1.29 is 0 Å². The van der Waals surface area contributed by atoms with Crippen LogP contribution >= 0.6 is 27.5 Å². The van der Waals surface area contributed by atoms with Crippen LogP contribution in [0.25, 0.3) is 17.1 Å². The first-order valence-corrected chi connectivity index (χ1v) is 6.92. The summed E-state index contributed by atoms with van der Waals surface area (Å²) in [6.45, 7) is 0. The Morgan fingerprint density at radius 3 is 2.60 bits per heavy atom. The molecule has 1 aromatic heterocycles. The molecule has 2 N–H and O–H groups in total. The summed E-state index contributed by atoms with van der Waals surface area (Å²) in [6, 6.07) is 12.8. The lowest BCUT2D eigenvalue weighted by Gasteiger charge is -2.07. The molecule has 7 heteroatoms. The van der Waals surface area contributed by atoms with Crippen molar-refractivity contribution in [1.29, 1.82) is 0 Å². The molecular formula is C13H9BrClN5. The lowest BCUT2D eigenvalue weighted by atomic mass is 10.2. The van der Waals surface area contributed by atoms with E-state index in [1.54, 1.807) is 16.8 Å². The Morgan fingerprint density at radius 1 is 1.10 bits per heavy atom. The van der Waals surface area contributed by atoms with E-state index in [-0.39, 0.29) is 0 Å². The lowest BCUT2D eigenvalue weighted by molar-refractivity contribution is 0.791. The van der Waals surface area contributed by atoms with Gasteiger partial charge in [-0.1, -0.05) is 17.7 Å². The van der Waals surface area contributed by atoms with Crippen molar-refractivity contribution >= 4 is 33.2 Å². The molecular weight excluding hydrogens is 342 g/mol. The number of benzene rings is 2. The molecule has 0 aliphatic carbocycles. The minimum Gasteiger partial charge on any atom is -0.398 e. The van der Waals surface area contributed by atoms with E-state index in [0.29, 0.717) is 16.5 Å². The molecule has 1 heterocycles. The Bertz CT molecular complexity index is 754. The average Bonchev–Trinajstić information content (AvgIpc) is 2.92. The molecule has 0 bridgehead atoms. The number of hydrogen-bond acceptors (Lipinski definition) is 4. The van der Waals surface area contributed by atoms with Gasteiger partial charge in [-0.2, -0.15) is 4.68 Å². The molecule has 0 aliphatic heterocycles. The van der Waals surface area contributed by atoms with Crippen molar-refractivity contribution in [3.8, 4) is 17.1 Å². The van der Waals surface area contributed by atoms with Crippen LogP contribution in [0.3, 0.4) is 0 Å². The summed E-state index contributed by atoms with van der Waals surface area (Å²) in [5, 5.41) is 12.5. The molecule has 20 heavy (non-hydrogen) atoms. The van der Waals surface area contributed by atoms with Gasteiger partial charge in [0.25, 0.3) is 0 Å². The molecule has 5 nitrogen and oxygen atoms in total. The maximum absolute atomic E-state index is 5.89. The summed E-state index contributed by atoms with van der Waals surface area (Å²) in [5.74, 6) is 0.603. The summed E-state index contributed by atoms with van der Waals surface area (Å²) in [5.41, 5.74) is 8.17. The number of aromatic nitrogens is 4. The predicted molar refractivity (Wildman–Crippen MR) is 81.7 cm³/mol. The minimum absolute atomic E-state index is 0.603. The zero-order chi connectivity index (χ0) is 14.1. The normalized spacial score (nSPS) is 10.7. The molecule has 0 saturated heterocycles. The third-order valence-electron chi connectivity index (χ3n) is 2.81. The molecule has 0 unspecified atom stereocenters. The molecule has 0 radical (unpaired) electrons. The van der Waals surface area contributed by atoms with Crippen LogP contribution in [0, 0.1) is 0 Å². The Morgan fingerprint density at radius 2 is 1.85 bits per heavy atom. The topological polar surface area (TPSA) is 69.6 Å². The second-order valence-electron chi connectivity index (χ2n) is 4.10. The summed E-state index contributed by atoms with van der Waals surface area (Å²) in [7, 11) is 0. The summed E-state index contributed by atoms with van der Waals surface area (Å²) < 4.78 is 2.40. The van der Waals surface area contributed by atoms with Crippen molar-refractivity contribution in [2.75, 3.05) is 5.73 Å². The largest absolute Gasteiger partial charge is 0.398 e. The van der Waals surface area contributed by atoms with Gasteiger partial charge in [0.15, 0.2) is 5.82 Å². The number of nitrogens with zero attached hydrogens (tertiary/aromatic N) is 4. The standard InChI is InChI=1S/C13H9BrClN5/c14-12-10(2-1-3-11(12)16)13-17-18-19-20(13)9-6-4-8(15)5-7-9/h1-7H,16H2. The predicted octanol–water partition coefficient (Wildman–Crippen LogP) is 3.33. The van der Waals surface area contributed by atoms with Crippen molar-refractivity contribution in [3.05, 3.63) is 52.0 Å². The second-order valence-corrected chi connectivity index (χ2v) is 5.33. The van der Waals surface area contributed by atoms with Gasteiger partial charge in [0.1, 0.15) is 0 Å². The van der Waals surface area contributed by atoms with E-state index in [1.165, 1.54) is 0 Å². The summed E-state index contributed by atoms with van der Waals surface area (Å²) >= 11 is 9.36. The molecule has 100 valence electrons. The van der Waals surface area contributed by atoms with Crippen LogP contribution in [-0.2, 0) is 0 Å². The van der Waals surface area contributed by atoms with Crippen LogP contribution < -0.4 is 5.73 Å². The first-order valence-electron chi connectivity index (χ1n) is 5.75. The molecule has 0 fully saturated rings. The molecule has 3 aromatic rings. The fraction of sp³-hybridized carbons (Fsp3) is 0. The van der Waals surface area contributed by atoms with Crippen LogP contribution in [0.4, 0.5) is 5.69 Å². The Hall–Kier alpha value is -1.92. The Kier molecular flexibility index (Phi) is 3.42. The monoisotopic (exact) mass is 349 g/mol. The summed E-state index contributed by atoms with van der Waals surface area (Å²) in [4.78, 5) is 0. The van der Waals surface area contributed by atoms with Gasteiger partial charge in [0, 0.05) is 16.3 Å². The first kappa shape index (κ1) is 13.1. The number of halogens is 2. The van der Waals surface area contributed by atoms with Gasteiger partial charge in [0.2, 0.25) is 0 Å². The number of tetrazole rings is 1. The molecule has 2 aromatic carbocycles. The van der Waals surface area contributed by atoms with Gasteiger partial charge in [-0.15, -0.1) is 5.10 Å². The number of nitrogens with two attached hydrogens (primary N) is 1. The highest BCUT2D eigenvalue weighted by Crippen LogP contribution is 2.31. The first-order chi connectivity index (χ1) is 9.66. The highest BCUT2D eigenvalue weighted by atomic mass is 79.9. The maximum Gasteiger partial charge on any atom is 0.188 e. The molecule has 0 aliphatic rings. The van der Waals surface area contributed by atoms with Crippen LogP contribution in [0.1, 0.15) is 0 Å². The molecule has 0 spiro atoms. The van der Waals surface area contributed by atoms with Gasteiger partial charge in [-0.3, -0.25) is 0 Å². The zero-order valence-electron chi connectivity index (χ0n) is 10.2. The smallest absolute Gasteiger partial charge is 0.188 e. The molecule has 3 rings (SSSR count). The van der Waals surface area contributed by atoms with E-state index in [0.717, 1.165) is 15.7 Å². The molecule has 0 saturated carbocycles. The average molecular weight is 351 g/mol. The van der Waals surface area contributed by atoms with E-state index in [1.807, 2.05) is 30.3 Å². The number of anilines is 1. The van der Waals surface area contributed by atoms with Gasteiger partial charge < -0.3 is 5.73 Å². The maximum atomic E-state index is 5.89. The third kappa shape index (κ3) is 2.28. The van der Waals surface area contributed by atoms with Gasteiger partial charge in [0.05, 0.1) is 10.2 Å². The van der Waals surface area contributed by atoms with Crippen LogP contribution in [0.15, 0.2) is 46.9 Å². The Labute approximate surface area is 128 Å². The van der Waals surface area contributed by atoms with E-state index in [9.17, 15) is 0 Å². The van der Waals surface area contributed by atoms with Crippen LogP contribution in [-0.4, -0.2) is 20.2 Å². The van der Waals surface area contributed by atoms with Crippen molar-refractivity contribution in [2.24, 2.45) is 0 Å². The molecule has 0 atom stereocenters. The number of rotatable bonds is 2. The van der Waals surface area contributed by atoms with E-state index in [4.69, 9.17) is 17.3 Å². The zero-order valence-corrected chi connectivity index (χ0v) is 12.5. The second kappa shape index (κ2) is 5.22. The van der Waals surface area contributed by atoms with E-state index >= 15 is 0 Å². The van der Waals surface area contributed by atoms with E-state index < -0.39 is 0 Å². The SMILES string of the molecule is Nc1cccc(-c2nnnn2-c2ccc(Cl)cc2)c1Br. The molecule has 0 amide bonds.